The van der Waals surface area contributed by atoms with E-state index < -0.39 is 0 Å². The molecular weight excluding hydrogens is 344 g/mol. The molecule has 0 aliphatic heterocycles. The van der Waals surface area contributed by atoms with E-state index in [4.69, 9.17) is 9.47 Å². The van der Waals surface area contributed by atoms with Crippen LogP contribution in [0, 0.1) is 0 Å². The molecule has 0 heterocycles. The van der Waals surface area contributed by atoms with E-state index in [9.17, 15) is 9.59 Å². The van der Waals surface area contributed by atoms with Gasteiger partial charge in [0.05, 0.1) is 25.5 Å². The largest absolute Gasteiger partial charge is 0.496 e. The molecule has 0 saturated carbocycles. The lowest BCUT2D eigenvalue weighted by atomic mass is 10.1. The number of Topliss-reactive ketones (excluding diaryl/α,β-unsaturated/α-hetero) is 1. The Morgan fingerprint density at radius 2 is 1.74 bits per heavy atom. The average molecular weight is 366 g/mol. The van der Waals surface area contributed by atoms with Gasteiger partial charge in [-0.05, 0) is 37.6 Å². The van der Waals surface area contributed by atoms with Crippen LogP contribution in [-0.2, 0) is 4.79 Å². The Labute approximate surface area is 158 Å². The zero-order chi connectivity index (χ0) is 19.4. The van der Waals surface area contributed by atoms with Gasteiger partial charge >= 0.3 is 0 Å². The minimum atomic E-state index is -0.297. The van der Waals surface area contributed by atoms with Gasteiger partial charge in [-0.25, -0.2) is 0 Å². The summed E-state index contributed by atoms with van der Waals surface area (Å²) in [6.45, 7) is 1.82. The number of nitrogens with one attached hydrogen (secondary N) is 2. The second kappa shape index (κ2) is 7.95. The maximum Gasteiger partial charge on any atom is 0.259 e. The van der Waals surface area contributed by atoms with Gasteiger partial charge in [0.1, 0.15) is 11.5 Å². The second-order valence-electron chi connectivity index (χ2n) is 6.22. The number of carbonyl (C=O) groups is 2. The summed E-state index contributed by atoms with van der Waals surface area (Å²) in [6.07, 6.45) is 1.23. The topological polar surface area (TPSA) is 76.7 Å². The predicted octanol–water partition coefficient (Wildman–Crippen LogP) is 4.00. The van der Waals surface area contributed by atoms with Crippen molar-refractivity contribution in [2.24, 2.45) is 0 Å². The number of amides is 1. The molecule has 2 aromatic carbocycles. The fourth-order valence-electron chi connectivity index (χ4n) is 3.01. The first kappa shape index (κ1) is 18.5. The number of methoxy groups -OCH3 is 2. The standard InChI is InChI=1S/C21H22N2O4/c1-13-16(10-11-18(13)24)22-14-8-9-15(20(12-14)27-3)21(25)23-17-6-4-5-7-19(17)26-2/h4-9,12,22H,10-11H2,1-3H3,(H,23,25). The molecule has 140 valence electrons. The maximum absolute atomic E-state index is 12.7. The quantitative estimate of drug-likeness (QED) is 0.808. The van der Waals surface area contributed by atoms with Gasteiger partial charge in [0.15, 0.2) is 5.78 Å². The van der Waals surface area contributed by atoms with Gasteiger partial charge in [0.25, 0.3) is 5.91 Å². The van der Waals surface area contributed by atoms with E-state index in [0.717, 1.165) is 17.0 Å². The summed E-state index contributed by atoms with van der Waals surface area (Å²) < 4.78 is 10.7. The first-order valence-corrected chi connectivity index (χ1v) is 8.66. The highest BCUT2D eigenvalue weighted by molar-refractivity contribution is 6.07. The van der Waals surface area contributed by atoms with Gasteiger partial charge in [-0.3, -0.25) is 9.59 Å². The van der Waals surface area contributed by atoms with Crippen LogP contribution in [0.5, 0.6) is 11.5 Å². The van der Waals surface area contributed by atoms with Crippen LogP contribution in [0.4, 0.5) is 11.4 Å². The fourth-order valence-corrected chi connectivity index (χ4v) is 3.01. The first-order chi connectivity index (χ1) is 13.0. The van der Waals surface area contributed by atoms with Gasteiger partial charge in [-0.15, -0.1) is 0 Å². The Morgan fingerprint density at radius 3 is 2.41 bits per heavy atom. The molecule has 6 nitrogen and oxygen atoms in total. The molecule has 1 aliphatic carbocycles. The smallest absolute Gasteiger partial charge is 0.259 e. The van der Waals surface area contributed by atoms with Crippen molar-refractivity contribution in [1.29, 1.82) is 0 Å². The van der Waals surface area contributed by atoms with E-state index in [1.165, 1.54) is 7.11 Å². The number of allylic oxidation sites excluding steroid dienone is 2. The van der Waals surface area contributed by atoms with Crippen molar-refractivity contribution in [3.05, 3.63) is 59.3 Å². The van der Waals surface area contributed by atoms with Gasteiger partial charge in [0, 0.05) is 29.4 Å². The number of ketones is 1. The number of rotatable bonds is 6. The van der Waals surface area contributed by atoms with Crippen LogP contribution in [-0.4, -0.2) is 25.9 Å². The molecule has 0 spiro atoms. The van der Waals surface area contributed by atoms with E-state index in [-0.39, 0.29) is 11.7 Å². The van der Waals surface area contributed by atoms with Gasteiger partial charge < -0.3 is 20.1 Å². The fraction of sp³-hybridized carbons (Fsp3) is 0.238. The summed E-state index contributed by atoms with van der Waals surface area (Å²) in [7, 11) is 3.07. The number of anilines is 2. The molecule has 0 atom stereocenters. The lowest BCUT2D eigenvalue weighted by Crippen LogP contribution is -2.14. The van der Waals surface area contributed by atoms with E-state index in [1.54, 1.807) is 37.4 Å². The summed E-state index contributed by atoms with van der Waals surface area (Å²) in [5.41, 5.74) is 3.42. The van der Waals surface area contributed by atoms with Crippen molar-refractivity contribution in [3.8, 4) is 11.5 Å². The summed E-state index contributed by atoms with van der Waals surface area (Å²) in [6, 6.07) is 12.4. The van der Waals surface area contributed by atoms with E-state index in [0.29, 0.717) is 35.6 Å². The summed E-state index contributed by atoms with van der Waals surface area (Å²) in [4.78, 5) is 24.4. The molecule has 1 amide bonds. The van der Waals surface area contributed by atoms with Gasteiger partial charge in [-0.2, -0.15) is 0 Å². The van der Waals surface area contributed by atoms with Crippen molar-refractivity contribution in [1.82, 2.24) is 0 Å². The van der Waals surface area contributed by atoms with Crippen LogP contribution in [0.25, 0.3) is 0 Å². The molecule has 0 saturated heterocycles. The van der Waals surface area contributed by atoms with Crippen LogP contribution in [0.15, 0.2) is 53.7 Å². The molecule has 1 aliphatic rings. The third-order valence-corrected chi connectivity index (χ3v) is 4.57. The predicted molar refractivity (Wildman–Crippen MR) is 105 cm³/mol. The van der Waals surface area contributed by atoms with Crippen LogP contribution in [0.3, 0.4) is 0 Å². The van der Waals surface area contributed by atoms with E-state index >= 15 is 0 Å². The summed E-state index contributed by atoms with van der Waals surface area (Å²) >= 11 is 0. The molecule has 0 bridgehead atoms. The summed E-state index contributed by atoms with van der Waals surface area (Å²) in [5.74, 6) is 0.887. The van der Waals surface area contributed by atoms with Gasteiger partial charge in [0.2, 0.25) is 0 Å². The van der Waals surface area contributed by atoms with E-state index in [1.807, 2.05) is 19.1 Å². The molecule has 3 rings (SSSR count). The van der Waals surface area contributed by atoms with Crippen molar-refractivity contribution < 1.29 is 19.1 Å². The number of para-hydroxylation sites is 2. The normalized spacial score (nSPS) is 13.5. The number of hydrogen-bond acceptors (Lipinski definition) is 5. The lowest BCUT2D eigenvalue weighted by molar-refractivity contribution is -0.114. The minimum Gasteiger partial charge on any atom is -0.496 e. The van der Waals surface area contributed by atoms with Crippen LogP contribution >= 0.6 is 0 Å². The van der Waals surface area contributed by atoms with Crippen LogP contribution in [0.2, 0.25) is 0 Å². The molecule has 0 fully saturated rings. The Kier molecular flexibility index (Phi) is 5.45. The molecular formula is C21H22N2O4. The number of benzene rings is 2. The van der Waals surface area contributed by atoms with Crippen molar-refractivity contribution >= 4 is 23.1 Å². The second-order valence-corrected chi connectivity index (χ2v) is 6.22. The zero-order valence-electron chi connectivity index (χ0n) is 15.6. The molecule has 0 radical (unpaired) electrons. The maximum atomic E-state index is 12.7. The lowest BCUT2D eigenvalue weighted by Gasteiger charge is -2.14. The Morgan fingerprint density at radius 1 is 1.00 bits per heavy atom. The van der Waals surface area contributed by atoms with Crippen molar-refractivity contribution in [2.75, 3.05) is 24.9 Å². The summed E-state index contributed by atoms with van der Waals surface area (Å²) in [5, 5.41) is 6.10. The number of ether oxygens (including phenoxy) is 2. The number of carbonyl (C=O) groups excluding carboxylic acids is 2. The Bertz CT molecular complexity index is 918. The minimum absolute atomic E-state index is 0.164. The molecule has 0 unspecified atom stereocenters. The SMILES string of the molecule is COc1ccccc1NC(=O)c1ccc(NC2=C(C)C(=O)CC2)cc1OC. The average Bonchev–Trinajstić information content (AvgIpc) is 3.00. The van der Waals surface area contributed by atoms with E-state index in [2.05, 4.69) is 10.6 Å². The number of hydrogen-bond donors (Lipinski definition) is 2. The molecule has 2 N–H and O–H groups in total. The van der Waals surface area contributed by atoms with Gasteiger partial charge in [-0.1, -0.05) is 12.1 Å². The van der Waals surface area contributed by atoms with Crippen molar-refractivity contribution in [2.45, 2.75) is 19.8 Å². The molecule has 6 heteroatoms. The van der Waals surface area contributed by atoms with Crippen molar-refractivity contribution in [3.63, 3.8) is 0 Å². The van der Waals surface area contributed by atoms with Crippen LogP contribution < -0.4 is 20.1 Å². The highest BCUT2D eigenvalue weighted by Crippen LogP contribution is 2.30. The molecule has 0 aromatic heterocycles. The third-order valence-electron chi connectivity index (χ3n) is 4.57. The Hall–Kier alpha value is -3.28. The highest BCUT2D eigenvalue weighted by atomic mass is 16.5. The molecule has 27 heavy (non-hydrogen) atoms. The molecule has 2 aromatic rings. The zero-order valence-corrected chi connectivity index (χ0v) is 15.6. The monoisotopic (exact) mass is 366 g/mol. The highest BCUT2D eigenvalue weighted by Gasteiger charge is 2.20. The Balaban J connectivity index is 1.82. The van der Waals surface area contributed by atoms with Crippen LogP contribution in [0.1, 0.15) is 30.1 Å². The first-order valence-electron chi connectivity index (χ1n) is 8.66. The third kappa shape index (κ3) is 3.95.